The summed E-state index contributed by atoms with van der Waals surface area (Å²) in [6.07, 6.45) is 0. The van der Waals surface area contributed by atoms with E-state index < -0.39 is 5.91 Å². The second kappa shape index (κ2) is 7.62. The molecule has 0 aliphatic carbocycles. The van der Waals surface area contributed by atoms with Crippen molar-refractivity contribution in [2.24, 2.45) is 0 Å². The maximum atomic E-state index is 12.2. The lowest BCUT2D eigenvalue weighted by Crippen LogP contribution is -2.34. The molecule has 0 saturated heterocycles. The second-order valence-electron chi connectivity index (χ2n) is 4.95. The molecule has 7 heteroatoms. The van der Waals surface area contributed by atoms with Crippen LogP contribution in [0.4, 0.5) is 5.69 Å². The number of anilines is 1. The number of aryl methyl sites for hydroxylation is 2. The Bertz CT molecular complexity index is 796. The van der Waals surface area contributed by atoms with Gasteiger partial charge in [0.25, 0.3) is 5.91 Å². The zero-order valence-electron chi connectivity index (χ0n) is 12.3. The largest absolute Gasteiger partial charge is 0.331 e. The van der Waals surface area contributed by atoms with Gasteiger partial charge in [-0.25, -0.2) is 0 Å². The molecule has 0 atom stereocenters. The quantitative estimate of drug-likeness (QED) is 0.616. The minimum atomic E-state index is -0.399. The predicted molar refractivity (Wildman–Crippen MR) is 104 cm³/mol. The summed E-state index contributed by atoms with van der Waals surface area (Å²) in [5, 5.41) is 6.51. The van der Waals surface area contributed by atoms with Crippen LogP contribution in [0.15, 0.2) is 34.8 Å². The van der Waals surface area contributed by atoms with Crippen LogP contribution in [0.1, 0.15) is 21.5 Å². The van der Waals surface area contributed by atoms with Gasteiger partial charge in [-0.1, -0.05) is 23.2 Å². The van der Waals surface area contributed by atoms with Gasteiger partial charge in [0, 0.05) is 9.50 Å². The first kappa shape index (κ1) is 18.2. The molecular weight excluding hydrogens is 419 g/mol. The first-order valence-electron chi connectivity index (χ1n) is 6.62. The third-order valence-electron chi connectivity index (χ3n) is 3.23. The number of carbonyl (C=O) groups is 1. The number of hydrogen-bond donors (Lipinski definition) is 2. The summed E-state index contributed by atoms with van der Waals surface area (Å²) < 4.78 is 0.863. The van der Waals surface area contributed by atoms with Gasteiger partial charge in [-0.3, -0.25) is 10.1 Å². The fourth-order valence-corrected chi connectivity index (χ4v) is 3.13. The van der Waals surface area contributed by atoms with Crippen molar-refractivity contribution in [1.29, 1.82) is 0 Å². The molecule has 0 saturated carbocycles. The van der Waals surface area contributed by atoms with Gasteiger partial charge < -0.3 is 5.32 Å². The summed E-state index contributed by atoms with van der Waals surface area (Å²) in [5.41, 5.74) is 3.36. The monoisotopic (exact) mass is 430 g/mol. The lowest BCUT2D eigenvalue weighted by atomic mass is 10.1. The molecule has 0 fully saturated rings. The van der Waals surface area contributed by atoms with Crippen LogP contribution >= 0.6 is 51.3 Å². The van der Waals surface area contributed by atoms with Crippen molar-refractivity contribution in [3.05, 3.63) is 61.5 Å². The second-order valence-corrected chi connectivity index (χ2v) is 7.05. The Kier molecular flexibility index (Phi) is 6.03. The Morgan fingerprint density at radius 1 is 1.13 bits per heavy atom. The van der Waals surface area contributed by atoms with E-state index in [1.807, 2.05) is 26.0 Å². The minimum Gasteiger partial charge on any atom is -0.331 e. The molecule has 0 bridgehead atoms. The van der Waals surface area contributed by atoms with Gasteiger partial charge in [0.2, 0.25) is 0 Å². The number of carbonyl (C=O) groups excluding carboxylic acids is 1. The van der Waals surface area contributed by atoms with E-state index >= 15 is 0 Å². The molecule has 2 rings (SSSR count). The van der Waals surface area contributed by atoms with Gasteiger partial charge in [-0.2, -0.15) is 0 Å². The number of benzene rings is 2. The lowest BCUT2D eigenvalue weighted by Gasteiger charge is -2.13. The van der Waals surface area contributed by atoms with Crippen molar-refractivity contribution in [3.8, 4) is 0 Å². The van der Waals surface area contributed by atoms with Crippen molar-refractivity contribution in [3.63, 3.8) is 0 Å². The van der Waals surface area contributed by atoms with Crippen LogP contribution in [-0.2, 0) is 0 Å². The van der Waals surface area contributed by atoms with Gasteiger partial charge >= 0.3 is 0 Å². The van der Waals surface area contributed by atoms with Crippen LogP contribution in [0.25, 0.3) is 0 Å². The van der Waals surface area contributed by atoms with E-state index in [1.165, 1.54) is 6.07 Å². The fraction of sp³-hybridized carbons (Fsp3) is 0.125. The zero-order valence-corrected chi connectivity index (χ0v) is 16.3. The van der Waals surface area contributed by atoms with Crippen molar-refractivity contribution in [1.82, 2.24) is 5.32 Å². The lowest BCUT2D eigenvalue weighted by molar-refractivity contribution is 0.0978. The predicted octanol–water partition coefficient (Wildman–Crippen LogP) is 5.50. The molecule has 0 unspecified atom stereocenters. The summed E-state index contributed by atoms with van der Waals surface area (Å²) in [6.45, 7) is 4.02. The highest BCUT2D eigenvalue weighted by molar-refractivity contribution is 9.10. The van der Waals surface area contributed by atoms with Gasteiger partial charge in [0.1, 0.15) is 0 Å². The number of rotatable bonds is 2. The molecule has 0 aliphatic rings. The van der Waals surface area contributed by atoms with E-state index in [1.54, 1.807) is 12.1 Å². The Labute approximate surface area is 158 Å². The van der Waals surface area contributed by atoms with Crippen LogP contribution in [-0.4, -0.2) is 11.0 Å². The van der Waals surface area contributed by atoms with Crippen LogP contribution < -0.4 is 10.6 Å². The molecule has 0 radical (unpaired) electrons. The molecule has 2 aromatic carbocycles. The average Bonchev–Trinajstić information content (AvgIpc) is 2.44. The Morgan fingerprint density at radius 3 is 2.43 bits per heavy atom. The molecule has 2 N–H and O–H groups in total. The molecule has 1 amide bonds. The van der Waals surface area contributed by atoms with Gasteiger partial charge in [0.05, 0.1) is 16.3 Å². The highest BCUT2D eigenvalue weighted by Gasteiger charge is 2.13. The number of halogens is 3. The Hall–Kier alpha value is -1.14. The maximum absolute atomic E-state index is 12.2. The summed E-state index contributed by atoms with van der Waals surface area (Å²) >= 11 is 20.5. The van der Waals surface area contributed by atoms with E-state index in [2.05, 4.69) is 26.6 Å². The smallest absolute Gasteiger partial charge is 0.258 e. The van der Waals surface area contributed by atoms with E-state index in [9.17, 15) is 4.79 Å². The summed E-state index contributed by atoms with van der Waals surface area (Å²) in [6, 6.07) is 8.59. The molecule has 2 aromatic rings. The molecule has 120 valence electrons. The Morgan fingerprint density at radius 2 is 1.78 bits per heavy atom. The third kappa shape index (κ3) is 4.67. The van der Waals surface area contributed by atoms with Crippen molar-refractivity contribution >= 4 is 68.1 Å². The van der Waals surface area contributed by atoms with Crippen molar-refractivity contribution < 1.29 is 4.79 Å². The number of nitrogens with one attached hydrogen (secondary N) is 2. The maximum Gasteiger partial charge on any atom is 0.258 e. The number of amides is 1. The van der Waals surface area contributed by atoms with Gasteiger partial charge in [-0.15, -0.1) is 0 Å². The highest BCUT2D eigenvalue weighted by Crippen LogP contribution is 2.26. The molecule has 0 aromatic heterocycles. The SMILES string of the molecule is Cc1cc(Br)c(NC(=S)NC(=O)c2ccc(Cl)cc2Cl)cc1C. The fourth-order valence-electron chi connectivity index (χ4n) is 1.87. The van der Waals surface area contributed by atoms with E-state index in [0.717, 1.165) is 21.3 Å². The van der Waals surface area contributed by atoms with Crippen LogP contribution in [0.2, 0.25) is 10.0 Å². The van der Waals surface area contributed by atoms with E-state index in [-0.39, 0.29) is 10.1 Å². The van der Waals surface area contributed by atoms with Crippen molar-refractivity contribution in [2.75, 3.05) is 5.32 Å². The summed E-state index contributed by atoms with van der Waals surface area (Å²) in [5.74, 6) is -0.399. The number of thiocarbonyl (C=S) groups is 1. The molecule has 0 aliphatic heterocycles. The normalized spacial score (nSPS) is 10.3. The summed E-state index contributed by atoms with van der Waals surface area (Å²) in [4.78, 5) is 12.2. The molecule has 3 nitrogen and oxygen atoms in total. The number of hydrogen-bond acceptors (Lipinski definition) is 2. The van der Waals surface area contributed by atoms with Gasteiger partial charge in [-0.05, 0) is 83.5 Å². The molecular formula is C16H13BrCl2N2OS. The van der Waals surface area contributed by atoms with Crippen molar-refractivity contribution in [2.45, 2.75) is 13.8 Å². The minimum absolute atomic E-state index is 0.185. The first-order valence-corrected chi connectivity index (χ1v) is 8.58. The highest BCUT2D eigenvalue weighted by atomic mass is 79.9. The van der Waals surface area contributed by atoms with Crippen LogP contribution in [0.5, 0.6) is 0 Å². The molecule has 23 heavy (non-hydrogen) atoms. The van der Waals surface area contributed by atoms with E-state index in [0.29, 0.717) is 10.6 Å². The third-order valence-corrected chi connectivity index (χ3v) is 4.64. The zero-order chi connectivity index (χ0) is 17.1. The Balaban J connectivity index is 2.10. The average molecular weight is 432 g/mol. The van der Waals surface area contributed by atoms with Gasteiger partial charge in [0.15, 0.2) is 5.11 Å². The standard InChI is InChI=1S/C16H13BrCl2N2OS/c1-8-5-12(17)14(6-9(8)2)20-16(23)21-15(22)11-4-3-10(18)7-13(11)19/h3-7H,1-2H3,(H2,20,21,22,23). The summed E-state index contributed by atoms with van der Waals surface area (Å²) in [7, 11) is 0. The molecule has 0 heterocycles. The van der Waals surface area contributed by atoms with E-state index in [4.69, 9.17) is 35.4 Å². The molecule has 0 spiro atoms. The first-order chi connectivity index (χ1) is 10.8. The topological polar surface area (TPSA) is 41.1 Å². The van der Waals surface area contributed by atoms with Crippen LogP contribution in [0.3, 0.4) is 0 Å². The van der Waals surface area contributed by atoms with Crippen LogP contribution in [0, 0.1) is 13.8 Å².